The first-order valence-corrected chi connectivity index (χ1v) is 11.1. The van der Waals surface area contributed by atoms with E-state index < -0.39 is 5.97 Å². The van der Waals surface area contributed by atoms with E-state index in [9.17, 15) is 9.59 Å². The van der Waals surface area contributed by atoms with Crippen LogP contribution in [0.3, 0.4) is 0 Å². The molecule has 0 unspecified atom stereocenters. The van der Waals surface area contributed by atoms with Gasteiger partial charge < -0.3 is 13.9 Å². The van der Waals surface area contributed by atoms with E-state index in [1.165, 1.54) is 50.7 Å². The smallest absolute Gasteiger partial charge is 0.343 e. The minimum absolute atomic E-state index is 0.167. The third-order valence-corrected chi connectivity index (χ3v) is 5.14. The molecule has 0 aliphatic carbocycles. The number of fused-ring (bicyclic) bond motifs is 1. The van der Waals surface area contributed by atoms with Crippen LogP contribution in [0.2, 0.25) is 0 Å². The van der Waals surface area contributed by atoms with Gasteiger partial charge in [0.1, 0.15) is 22.8 Å². The number of hydrogen-bond donors (Lipinski definition) is 0. The third-order valence-electron chi connectivity index (χ3n) is 5.14. The van der Waals surface area contributed by atoms with Gasteiger partial charge in [-0.1, -0.05) is 45.4 Å². The molecule has 0 amide bonds. The third kappa shape index (κ3) is 6.71. The molecule has 0 atom stereocenters. The molecule has 1 aromatic heterocycles. The highest BCUT2D eigenvalue weighted by Crippen LogP contribution is 2.21. The maximum Gasteiger partial charge on any atom is 0.343 e. The Hall–Kier alpha value is -3.08. The molecule has 5 heteroatoms. The van der Waals surface area contributed by atoms with Gasteiger partial charge in [-0.3, -0.25) is 4.79 Å². The van der Waals surface area contributed by atoms with E-state index in [0.29, 0.717) is 34.6 Å². The maximum atomic E-state index is 12.4. The molecule has 3 rings (SSSR count). The molecule has 31 heavy (non-hydrogen) atoms. The first-order valence-electron chi connectivity index (χ1n) is 11.1. The lowest BCUT2D eigenvalue weighted by Gasteiger charge is -2.08. The molecule has 0 radical (unpaired) electrons. The fourth-order valence-corrected chi connectivity index (χ4v) is 3.42. The number of carbonyl (C=O) groups excluding carboxylic acids is 1. The minimum atomic E-state index is -0.491. The van der Waals surface area contributed by atoms with Crippen molar-refractivity contribution in [3.05, 3.63) is 70.1 Å². The molecule has 2 aromatic carbocycles. The molecular weight excluding hydrogens is 392 g/mol. The molecule has 0 spiro atoms. The Kier molecular flexibility index (Phi) is 8.27. The minimum Gasteiger partial charge on any atom is -0.494 e. The Morgan fingerprint density at radius 3 is 2.29 bits per heavy atom. The normalized spacial score (nSPS) is 10.9. The summed E-state index contributed by atoms with van der Waals surface area (Å²) < 4.78 is 16.7. The zero-order valence-electron chi connectivity index (χ0n) is 18.3. The number of rotatable bonds is 11. The van der Waals surface area contributed by atoms with Gasteiger partial charge in [0.2, 0.25) is 0 Å². The Bertz CT molecular complexity index is 1050. The summed E-state index contributed by atoms with van der Waals surface area (Å²) >= 11 is 0. The van der Waals surface area contributed by atoms with Gasteiger partial charge in [-0.25, -0.2) is 4.79 Å². The summed E-state index contributed by atoms with van der Waals surface area (Å²) in [5.74, 6) is 1.08. The van der Waals surface area contributed by atoms with Crippen LogP contribution in [0.4, 0.5) is 0 Å². The van der Waals surface area contributed by atoms with Crippen LogP contribution in [0.1, 0.15) is 68.0 Å². The Morgan fingerprint density at radius 1 is 0.871 bits per heavy atom. The monoisotopic (exact) mass is 422 g/mol. The topological polar surface area (TPSA) is 65.7 Å². The lowest BCUT2D eigenvalue weighted by atomic mass is 10.1. The molecule has 1 heterocycles. The van der Waals surface area contributed by atoms with Crippen LogP contribution in [0, 0.1) is 6.92 Å². The fourth-order valence-electron chi connectivity index (χ4n) is 3.42. The highest BCUT2D eigenvalue weighted by molar-refractivity contribution is 5.91. The van der Waals surface area contributed by atoms with Crippen molar-refractivity contribution in [3.63, 3.8) is 0 Å². The standard InChI is InChI=1S/C26H30O5/c1-3-4-5-6-7-8-9-16-29-21-12-10-20(11-13-21)26(28)31-22-14-15-25-23(18-22)24(27)17-19(2)30-25/h10-15,17-18H,3-9,16H2,1-2H3. The number of esters is 1. The van der Waals surface area contributed by atoms with Crippen molar-refractivity contribution in [2.45, 2.75) is 58.8 Å². The van der Waals surface area contributed by atoms with Crippen LogP contribution in [0.5, 0.6) is 11.5 Å². The number of benzene rings is 2. The zero-order valence-corrected chi connectivity index (χ0v) is 18.3. The molecule has 0 fully saturated rings. The number of carbonyl (C=O) groups is 1. The Morgan fingerprint density at radius 2 is 1.55 bits per heavy atom. The number of hydrogen-bond acceptors (Lipinski definition) is 5. The molecule has 0 bridgehead atoms. The van der Waals surface area contributed by atoms with Crippen molar-refractivity contribution in [2.24, 2.45) is 0 Å². The summed E-state index contributed by atoms with van der Waals surface area (Å²) in [4.78, 5) is 24.6. The van der Waals surface area contributed by atoms with Crippen LogP contribution in [-0.4, -0.2) is 12.6 Å². The van der Waals surface area contributed by atoms with E-state index in [1.54, 1.807) is 43.3 Å². The molecule has 0 saturated heterocycles. The first kappa shape index (κ1) is 22.6. The van der Waals surface area contributed by atoms with Gasteiger partial charge >= 0.3 is 5.97 Å². The SMILES string of the molecule is CCCCCCCCCOc1ccc(C(=O)Oc2ccc3oc(C)cc(=O)c3c2)cc1. The van der Waals surface area contributed by atoms with E-state index in [4.69, 9.17) is 13.9 Å². The predicted octanol–water partition coefficient (Wildman–Crippen LogP) is 6.45. The second-order valence-corrected chi connectivity index (χ2v) is 7.76. The number of unbranched alkanes of at least 4 members (excludes halogenated alkanes) is 6. The largest absolute Gasteiger partial charge is 0.494 e. The number of aryl methyl sites for hydroxylation is 1. The highest BCUT2D eigenvalue weighted by Gasteiger charge is 2.11. The van der Waals surface area contributed by atoms with Crippen molar-refractivity contribution in [2.75, 3.05) is 6.61 Å². The molecule has 0 saturated carbocycles. The van der Waals surface area contributed by atoms with Gasteiger partial charge in [0.15, 0.2) is 5.43 Å². The van der Waals surface area contributed by atoms with E-state index >= 15 is 0 Å². The zero-order chi connectivity index (χ0) is 22.1. The summed E-state index contributed by atoms with van der Waals surface area (Å²) in [6, 6.07) is 13.1. The van der Waals surface area contributed by atoms with Crippen LogP contribution in [-0.2, 0) is 0 Å². The summed E-state index contributed by atoms with van der Waals surface area (Å²) in [5, 5.41) is 0.380. The van der Waals surface area contributed by atoms with E-state index in [0.717, 1.165) is 12.2 Å². The van der Waals surface area contributed by atoms with Gasteiger partial charge in [0, 0.05) is 6.07 Å². The molecule has 0 aliphatic rings. The fraction of sp³-hybridized carbons (Fsp3) is 0.385. The number of ether oxygens (including phenoxy) is 2. The molecule has 5 nitrogen and oxygen atoms in total. The van der Waals surface area contributed by atoms with Crippen molar-refractivity contribution in [3.8, 4) is 11.5 Å². The van der Waals surface area contributed by atoms with Crippen LogP contribution < -0.4 is 14.9 Å². The quantitative estimate of drug-likeness (QED) is 0.202. The van der Waals surface area contributed by atoms with Crippen molar-refractivity contribution in [1.82, 2.24) is 0 Å². The molecule has 0 aliphatic heterocycles. The summed E-state index contributed by atoms with van der Waals surface area (Å²) in [7, 11) is 0. The van der Waals surface area contributed by atoms with Gasteiger partial charge in [-0.15, -0.1) is 0 Å². The Balaban J connectivity index is 1.49. The first-order chi connectivity index (χ1) is 15.1. The van der Waals surface area contributed by atoms with E-state index in [1.807, 2.05) is 0 Å². The van der Waals surface area contributed by atoms with Gasteiger partial charge in [-0.2, -0.15) is 0 Å². The van der Waals surface area contributed by atoms with Crippen molar-refractivity contribution >= 4 is 16.9 Å². The summed E-state index contributed by atoms with van der Waals surface area (Å²) in [5.41, 5.74) is 0.714. The average molecular weight is 423 g/mol. The second kappa shape index (κ2) is 11.3. The second-order valence-electron chi connectivity index (χ2n) is 7.76. The van der Waals surface area contributed by atoms with Crippen molar-refractivity contribution in [1.29, 1.82) is 0 Å². The summed E-state index contributed by atoms with van der Waals surface area (Å²) in [6.45, 7) is 4.62. The van der Waals surface area contributed by atoms with E-state index in [2.05, 4.69) is 6.92 Å². The Labute approximate surface area is 183 Å². The lowest BCUT2D eigenvalue weighted by molar-refractivity contribution is 0.0735. The van der Waals surface area contributed by atoms with Gasteiger partial charge in [-0.05, 0) is 55.8 Å². The van der Waals surface area contributed by atoms with Gasteiger partial charge in [0.05, 0.1) is 17.6 Å². The molecule has 3 aromatic rings. The average Bonchev–Trinajstić information content (AvgIpc) is 2.76. The predicted molar refractivity (Wildman–Crippen MR) is 122 cm³/mol. The lowest BCUT2D eigenvalue weighted by Crippen LogP contribution is -2.09. The van der Waals surface area contributed by atoms with Crippen LogP contribution in [0.25, 0.3) is 11.0 Å². The summed E-state index contributed by atoms with van der Waals surface area (Å²) in [6.07, 6.45) is 8.68. The maximum absolute atomic E-state index is 12.4. The van der Waals surface area contributed by atoms with Crippen molar-refractivity contribution < 1.29 is 18.7 Å². The molecule has 164 valence electrons. The molecule has 0 N–H and O–H groups in total. The van der Waals surface area contributed by atoms with Crippen LogP contribution >= 0.6 is 0 Å². The van der Waals surface area contributed by atoms with E-state index in [-0.39, 0.29) is 5.43 Å². The highest BCUT2D eigenvalue weighted by atomic mass is 16.5. The van der Waals surface area contributed by atoms with Crippen LogP contribution in [0.15, 0.2) is 57.7 Å². The molecular formula is C26H30O5. The van der Waals surface area contributed by atoms with Gasteiger partial charge in [0.25, 0.3) is 0 Å².